The molecular formula is C19H32N2. The van der Waals surface area contributed by atoms with Gasteiger partial charge in [0.15, 0.2) is 0 Å². The first kappa shape index (κ1) is 16.5. The van der Waals surface area contributed by atoms with E-state index >= 15 is 0 Å². The summed E-state index contributed by atoms with van der Waals surface area (Å²) in [6.45, 7) is 8.86. The lowest BCUT2D eigenvalue weighted by molar-refractivity contribution is 0.219. The number of hydrogen-bond donors (Lipinski definition) is 1. The van der Waals surface area contributed by atoms with Gasteiger partial charge in [0.25, 0.3) is 0 Å². The van der Waals surface area contributed by atoms with Crippen LogP contribution in [0.25, 0.3) is 0 Å². The highest BCUT2D eigenvalue weighted by Gasteiger charge is 2.22. The van der Waals surface area contributed by atoms with Crippen LogP contribution in [0.2, 0.25) is 0 Å². The first-order valence-electron chi connectivity index (χ1n) is 8.62. The summed E-state index contributed by atoms with van der Waals surface area (Å²) in [6, 6.07) is 8.21. The van der Waals surface area contributed by atoms with Gasteiger partial charge in [-0.2, -0.15) is 0 Å². The van der Waals surface area contributed by atoms with Crippen molar-refractivity contribution < 1.29 is 0 Å². The maximum atomic E-state index is 3.75. The lowest BCUT2D eigenvalue weighted by atomic mass is 10.00. The third-order valence-electron chi connectivity index (χ3n) is 4.71. The van der Waals surface area contributed by atoms with Gasteiger partial charge >= 0.3 is 0 Å². The molecule has 1 saturated carbocycles. The zero-order valence-electron chi connectivity index (χ0n) is 14.3. The first-order valence-corrected chi connectivity index (χ1v) is 8.62. The Morgan fingerprint density at radius 2 is 1.76 bits per heavy atom. The zero-order chi connectivity index (χ0) is 15.2. The molecule has 1 aromatic rings. The normalized spacial score (nSPS) is 17.6. The van der Waals surface area contributed by atoms with Crippen molar-refractivity contribution >= 4 is 0 Å². The van der Waals surface area contributed by atoms with Gasteiger partial charge in [-0.15, -0.1) is 0 Å². The van der Waals surface area contributed by atoms with Gasteiger partial charge in [0.1, 0.15) is 0 Å². The van der Waals surface area contributed by atoms with E-state index < -0.39 is 0 Å². The standard InChI is InChI=1S/C19H32N2/c1-5-10-20-19(14-21(4)18-8-6-7-9-18)17-12-15(2)11-16(3)13-17/h11-13,18-20H,5-10,14H2,1-4H3. The molecular weight excluding hydrogens is 256 g/mol. The summed E-state index contributed by atoms with van der Waals surface area (Å²) >= 11 is 0. The molecule has 118 valence electrons. The highest BCUT2D eigenvalue weighted by atomic mass is 15.2. The van der Waals surface area contributed by atoms with Crippen LogP contribution in [-0.4, -0.2) is 31.1 Å². The smallest absolute Gasteiger partial charge is 0.0449 e. The van der Waals surface area contributed by atoms with Gasteiger partial charge in [0.2, 0.25) is 0 Å². The van der Waals surface area contributed by atoms with Crippen molar-refractivity contribution in [1.82, 2.24) is 10.2 Å². The van der Waals surface area contributed by atoms with E-state index in [-0.39, 0.29) is 0 Å². The third kappa shape index (κ3) is 4.82. The Morgan fingerprint density at radius 3 is 2.33 bits per heavy atom. The fraction of sp³-hybridized carbons (Fsp3) is 0.684. The van der Waals surface area contributed by atoms with Crippen molar-refractivity contribution in [3.63, 3.8) is 0 Å². The van der Waals surface area contributed by atoms with Gasteiger partial charge in [0, 0.05) is 18.6 Å². The van der Waals surface area contributed by atoms with Crippen LogP contribution in [0.15, 0.2) is 18.2 Å². The highest BCUT2D eigenvalue weighted by Crippen LogP contribution is 2.25. The Labute approximate surface area is 130 Å². The fourth-order valence-corrected chi connectivity index (χ4v) is 3.60. The van der Waals surface area contributed by atoms with Gasteiger partial charge in [-0.25, -0.2) is 0 Å². The maximum Gasteiger partial charge on any atom is 0.0449 e. The summed E-state index contributed by atoms with van der Waals surface area (Å²) in [6.07, 6.45) is 6.76. The molecule has 21 heavy (non-hydrogen) atoms. The van der Waals surface area contributed by atoms with Crippen molar-refractivity contribution in [2.75, 3.05) is 20.1 Å². The lowest BCUT2D eigenvalue weighted by Crippen LogP contribution is -2.38. The predicted octanol–water partition coefficient (Wildman–Crippen LogP) is 4.22. The summed E-state index contributed by atoms with van der Waals surface area (Å²) in [5.74, 6) is 0. The molecule has 2 rings (SSSR count). The van der Waals surface area contributed by atoms with Gasteiger partial charge in [-0.05, 0) is 52.3 Å². The molecule has 2 nitrogen and oxygen atoms in total. The maximum absolute atomic E-state index is 3.75. The van der Waals surface area contributed by atoms with E-state index in [4.69, 9.17) is 0 Å². The highest BCUT2D eigenvalue weighted by molar-refractivity contribution is 5.31. The SMILES string of the molecule is CCCNC(CN(C)C1CCCC1)c1cc(C)cc(C)c1. The molecule has 1 atom stereocenters. The van der Waals surface area contributed by atoms with Crippen LogP contribution < -0.4 is 5.32 Å². The predicted molar refractivity (Wildman–Crippen MR) is 91.8 cm³/mol. The van der Waals surface area contributed by atoms with Crippen LogP contribution in [0.5, 0.6) is 0 Å². The molecule has 1 N–H and O–H groups in total. The van der Waals surface area contributed by atoms with E-state index in [9.17, 15) is 0 Å². The summed E-state index contributed by atoms with van der Waals surface area (Å²) in [4.78, 5) is 2.58. The molecule has 0 saturated heterocycles. The molecule has 0 radical (unpaired) electrons. The molecule has 0 bridgehead atoms. The van der Waals surface area contributed by atoms with Gasteiger partial charge in [-0.1, -0.05) is 49.1 Å². The molecule has 0 amide bonds. The van der Waals surface area contributed by atoms with Crippen molar-refractivity contribution in [3.05, 3.63) is 34.9 Å². The second kappa shape index (κ2) is 7.95. The van der Waals surface area contributed by atoms with Crippen molar-refractivity contribution in [3.8, 4) is 0 Å². The minimum atomic E-state index is 0.453. The Balaban J connectivity index is 2.08. The van der Waals surface area contributed by atoms with Crippen LogP contribution in [0.3, 0.4) is 0 Å². The van der Waals surface area contributed by atoms with Gasteiger partial charge < -0.3 is 10.2 Å². The molecule has 1 unspecified atom stereocenters. The summed E-state index contributed by atoms with van der Waals surface area (Å²) in [5.41, 5.74) is 4.19. The van der Waals surface area contributed by atoms with Crippen LogP contribution in [0.4, 0.5) is 0 Å². The van der Waals surface area contributed by atoms with E-state index in [1.807, 2.05) is 0 Å². The molecule has 1 fully saturated rings. The van der Waals surface area contributed by atoms with Gasteiger partial charge in [-0.3, -0.25) is 0 Å². The lowest BCUT2D eigenvalue weighted by Gasteiger charge is -2.30. The average Bonchev–Trinajstić information content (AvgIpc) is 2.96. The molecule has 0 spiro atoms. The van der Waals surface area contributed by atoms with Crippen LogP contribution in [0.1, 0.15) is 61.8 Å². The Kier molecular flexibility index (Phi) is 6.25. The van der Waals surface area contributed by atoms with E-state index in [1.165, 1.54) is 48.8 Å². The van der Waals surface area contributed by atoms with Crippen molar-refractivity contribution in [2.45, 2.75) is 65.0 Å². The van der Waals surface area contributed by atoms with E-state index in [0.29, 0.717) is 6.04 Å². The number of rotatable bonds is 7. The minimum Gasteiger partial charge on any atom is -0.309 e. The Bertz CT molecular complexity index is 415. The molecule has 1 aromatic carbocycles. The number of likely N-dealkylation sites (N-methyl/N-ethyl adjacent to an activating group) is 1. The second-order valence-corrected chi connectivity index (χ2v) is 6.81. The second-order valence-electron chi connectivity index (χ2n) is 6.81. The topological polar surface area (TPSA) is 15.3 Å². The minimum absolute atomic E-state index is 0.453. The molecule has 0 aliphatic heterocycles. The fourth-order valence-electron chi connectivity index (χ4n) is 3.60. The van der Waals surface area contributed by atoms with Crippen LogP contribution in [-0.2, 0) is 0 Å². The van der Waals surface area contributed by atoms with Crippen LogP contribution >= 0.6 is 0 Å². The Hall–Kier alpha value is -0.860. The molecule has 0 aromatic heterocycles. The molecule has 1 aliphatic rings. The largest absolute Gasteiger partial charge is 0.309 e. The third-order valence-corrected chi connectivity index (χ3v) is 4.71. The average molecular weight is 288 g/mol. The number of benzene rings is 1. The van der Waals surface area contributed by atoms with Crippen molar-refractivity contribution in [1.29, 1.82) is 0 Å². The summed E-state index contributed by atoms with van der Waals surface area (Å²) in [5, 5.41) is 3.75. The van der Waals surface area contributed by atoms with Crippen molar-refractivity contribution in [2.24, 2.45) is 0 Å². The summed E-state index contributed by atoms with van der Waals surface area (Å²) < 4.78 is 0. The molecule has 0 heterocycles. The first-order chi connectivity index (χ1) is 10.1. The van der Waals surface area contributed by atoms with E-state index in [1.54, 1.807) is 0 Å². The number of hydrogen-bond acceptors (Lipinski definition) is 2. The zero-order valence-corrected chi connectivity index (χ0v) is 14.3. The molecule has 1 aliphatic carbocycles. The quantitative estimate of drug-likeness (QED) is 0.808. The van der Waals surface area contributed by atoms with E-state index in [2.05, 4.69) is 56.2 Å². The van der Waals surface area contributed by atoms with E-state index in [0.717, 1.165) is 19.1 Å². The summed E-state index contributed by atoms with van der Waals surface area (Å²) in [7, 11) is 2.30. The number of aryl methyl sites for hydroxylation is 2. The number of nitrogens with zero attached hydrogens (tertiary/aromatic N) is 1. The van der Waals surface area contributed by atoms with Gasteiger partial charge in [0.05, 0.1) is 0 Å². The Morgan fingerprint density at radius 1 is 1.14 bits per heavy atom. The number of nitrogens with one attached hydrogen (secondary N) is 1. The molecule has 2 heteroatoms. The van der Waals surface area contributed by atoms with Crippen LogP contribution in [0, 0.1) is 13.8 Å². The monoisotopic (exact) mass is 288 g/mol.